The van der Waals surface area contributed by atoms with Crippen molar-refractivity contribution in [2.45, 2.75) is 0 Å². The summed E-state index contributed by atoms with van der Waals surface area (Å²) >= 11 is 5.23. The monoisotopic (exact) mass is 317 g/mol. The van der Waals surface area contributed by atoms with Gasteiger partial charge in [-0.25, -0.2) is 4.79 Å². The first-order valence-corrected chi connectivity index (χ1v) is 6.57. The molecule has 1 aromatic heterocycles. The number of furan rings is 1. The van der Waals surface area contributed by atoms with Crippen LogP contribution in [0.25, 0.3) is 22.3 Å². The minimum atomic E-state index is -1.04. The molecule has 0 aliphatic rings. The Kier molecular flexibility index (Phi) is 3.52. The highest BCUT2D eigenvalue weighted by Gasteiger charge is 2.18. The summed E-state index contributed by atoms with van der Waals surface area (Å²) < 4.78 is 10.5. The number of fused-ring (bicyclic) bond motifs is 1. The lowest BCUT2D eigenvalue weighted by Gasteiger charge is -2.05. The number of nitrogens with zero attached hydrogens (tertiary/aromatic N) is 1. The number of carbonyl (C=O) groups is 1. The second kappa shape index (κ2) is 5.50. The molecular formula is C15H8ClNO5. The van der Waals surface area contributed by atoms with Crippen molar-refractivity contribution in [1.82, 2.24) is 0 Å². The molecular weight excluding hydrogens is 310 g/mol. The molecule has 0 bridgehead atoms. The second-order valence-electron chi connectivity index (χ2n) is 4.43. The van der Waals surface area contributed by atoms with E-state index in [-0.39, 0.29) is 17.0 Å². The Morgan fingerprint density at radius 1 is 1.18 bits per heavy atom. The number of hydrogen-bond acceptors (Lipinski definition) is 5. The summed E-state index contributed by atoms with van der Waals surface area (Å²) in [6.45, 7) is 0. The van der Waals surface area contributed by atoms with Crippen LogP contribution in [0.4, 0.5) is 10.5 Å². The topological polar surface area (TPSA) is 82.6 Å². The van der Waals surface area contributed by atoms with Gasteiger partial charge in [0, 0.05) is 29.1 Å². The number of para-hydroxylation sites is 1. The van der Waals surface area contributed by atoms with Gasteiger partial charge in [0.15, 0.2) is 0 Å². The molecule has 0 atom stereocenters. The van der Waals surface area contributed by atoms with Gasteiger partial charge in [0.25, 0.3) is 5.69 Å². The molecule has 6 nitrogen and oxygen atoms in total. The van der Waals surface area contributed by atoms with Crippen molar-refractivity contribution in [2.24, 2.45) is 0 Å². The molecule has 0 spiro atoms. The summed E-state index contributed by atoms with van der Waals surface area (Å²) in [5, 5.41) is 11.8. The number of carbonyl (C=O) groups excluding carboxylic acids is 1. The third-order valence-corrected chi connectivity index (χ3v) is 3.13. The first kappa shape index (κ1) is 14.1. The number of benzene rings is 2. The van der Waals surface area contributed by atoms with Crippen LogP contribution >= 0.6 is 11.6 Å². The normalized spacial score (nSPS) is 10.6. The van der Waals surface area contributed by atoms with Gasteiger partial charge in [-0.3, -0.25) is 10.1 Å². The van der Waals surface area contributed by atoms with E-state index < -0.39 is 10.4 Å². The molecule has 0 saturated carbocycles. The van der Waals surface area contributed by atoms with E-state index in [1.807, 2.05) is 18.2 Å². The van der Waals surface area contributed by atoms with Gasteiger partial charge in [-0.15, -0.1) is 0 Å². The van der Waals surface area contributed by atoms with Crippen LogP contribution in [0.15, 0.2) is 52.9 Å². The van der Waals surface area contributed by atoms with E-state index in [9.17, 15) is 14.9 Å². The molecule has 1 heterocycles. The number of halogens is 1. The van der Waals surface area contributed by atoms with Crippen LogP contribution < -0.4 is 4.74 Å². The van der Waals surface area contributed by atoms with Crippen molar-refractivity contribution in [1.29, 1.82) is 0 Å². The van der Waals surface area contributed by atoms with E-state index in [0.717, 1.165) is 5.39 Å². The predicted molar refractivity (Wildman–Crippen MR) is 80.2 cm³/mol. The van der Waals surface area contributed by atoms with E-state index in [0.29, 0.717) is 11.3 Å². The molecule has 0 aliphatic carbocycles. The van der Waals surface area contributed by atoms with E-state index in [2.05, 4.69) is 0 Å². The Morgan fingerprint density at radius 3 is 2.64 bits per heavy atom. The molecule has 0 radical (unpaired) electrons. The van der Waals surface area contributed by atoms with Gasteiger partial charge in [0.1, 0.15) is 17.1 Å². The third-order valence-electron chi connectivity index (χ3n) is 3.06. The summed E-state index contributed by atoms with van der Waals surface area (Å²) in [5.41, 5.74) is -0.289. The Bertz CT molecular complexity index is 854. The number of nitro benzene ring substituents is 1. The standard InChI is InChI=1S/C15H8ClNO5/c16-15(18)22-13-6-5-10(17(19)20)8-11(13)14-7-9-3-1-2-4-12(9)21-14/h1-8H. The van der Waals surface area contributed by atoms with Gasteiger partial charge in [0.05, 0.1) is 10.5 Å². The van der Waals surface area contributed by atoms with Crippen molar-refractivity contribution in [3.8, 4) is 17.1 Å². The maximum absolute atomic E-state index is 11.0. The first-order valence-electron chi connectivity index (χ1n) is 6.19. The van der Waals surface area contributed by atoms with Crippen LogP contribution in [0, 0.1) is 10.1 Å². The zero-order chi connectivity index (χ0) is 15.7. The van der Waals surface area contributed by atoms with Gasteiger partial charge < -0.3 is 9.15 Å². The minimum Gasteiger partial charge on any atom is -0.456 e. The molecule has 110 valence electrons. The third kappa shape index (κ3) is 2.64. The van der Waals surface area contributed by atoms with Crippen molar-refractivity contribution >= 4 is 33.7 Å². The number of nitro groups is 1. The molecule has 0 fully saturated rings. The first-order chi connectivity index (χ1) is 10.5. The maximum Gasteiger partial charge on any atom is 0.409 e. The fourth-order valence-electron chi connectivity index (χ4n) is 2.11. The molecule has 0 saturated heterocycles. The van der Waals surface area contributed by atoms with E-state index in [1.54, 1.807) is 12.1 Å². The summed E-state index contributed by atoms with van der Waals surface area (Å²) in [7, 11) is 0. The fraction of sp³-hybridized carbons (Fsp3) is 0. The summed E-state index contributed by atoms with van der Waals surface area (Å²) in [6, 6.07) is 12.8. The van der Waals surface area contributed by atoms with E-state index in [1.165, 1.54) is 18.2 Å². The average molecular weight is 318 g/mol. The van der Waals surface area contributed by atoms with Crippen molar-refractivity contribution in [3.05, 3.63) is 58.6 Å². The quantitative estimate of drug-likeness (QED) is 0.395. The molecule has 3 rings (SSSR count). The molecule has 0 aliphatic heterocycles. The average Bonchev–Trinajstić information content (AvgIpc) is 2.90. The van der Waals surface area contributed by atoms with E-state index >= 15 is 0 Å². The van der Waals surface area contributed by atoms with E-state index in [4.69, 9.17) is 20.8 Å². The number of non-ortho nitro benzene ring substituents is 1. The zero-order valence-corrected chi connectivity index (χ0v) is 11.7. The van der Waals surface area contributed by atoms with Crippen molar-refractivity contribution in [2.75, 3.05) is 0 Å². The Labute approximate surface area is 129 Å². The molecule has 3 aromatic rings. The summed E-state index contributed by atoms with van der Waals surface area (Å²) in [5.74, 6) is 0.433. The highest BCUT2D eigenvalue weighted by Crippen LogP contribution is 2.36. The highest BCUT2D eigenvalue weighted by molar-refractivity contribution is 6.61. The zero-order valence-electron chi connectivity index (χ0n) is 11.0. The van der Waals surface area contributed by atoms with Crippen molar-refractivity contribution < 1.29 is 18.9 Å². The smallest absolute Gasteiger partial charge is 0.409 e. The van der Waals surface area contributed by atoms with Crippen LogP contribution in [0.5, 0.6) is 5.75 Å². The van der Waals surface area contributed by atoms with Gasteiger partial charge in [-0.05, 0) is 18.2 Å². The Hall–Kier alpha value is -2.86. The Balaban J connectivity index is 2.18. The van der Waals surface area contributed by atoms with Crippen LogP contribution in [0.1, 0.15) is 0 Å². The van der Waals surface area contributed by atoms with Crippen LogP contribution in [0.2, 0.25) is 0 Å². The maximum atomic E-state index is 11.0. The van der Waals surface area contributed by atoms with Crippen LogP contribution in [0.3, 0.4) is 0 Å². The number of hydrogen-bond donors (Lipinski definition) is 0. The molecule has 0 N–H and O–H groups in total. The molecule has 0 amide bonds. The lowest BCUT2D eigenvalue weighted by Crippen LogP contribution is -1.98. The van der Waals surface area contributed by atoms with Gasteiger partial charge in [-0.2, -0.15) is 0 Å². The molecule has 2 aromatic carbocycles. The molecule has 22 heavy (non-hydrogen) atoms. The van der Waals surface area contributed by atoms with Gasteiger partial charge in [-0.1, -0.05) is 18.2 Å². The number of ether oxygens (including phenoxy) is 1. The minimum absolute atomic E-state index is 0.0876. The van der Waals surface area contributed by atoms with Crippen molar-refractivity contribution in [3.63, 3.8) is 0 Å². The molecule has 0 unspecified atom stereocenters. The molecule has 7 heteroatoms. The second-order valence-corrected chi connectivity index (χ2v) is 4.73. The summed E-state index contributed by atoms with van der Waals surface area (Å²) in [6.07, 6.45) is 0. The van der Waals surface area contributed by atoms with Crippen LogP contribution in [-0.2, 0) is 0 Å². The fourth-order valence-corrected chi connectivity index (χ4v) is 2.20. The number of rotatable bonds is 3. The predicted octanol–water partition coefficient (Wildman–Crippen LogP) is 4.75. The highest BCUT2D eigenvalue weighted by atomic mass is 35.5. The lowest BCUT2D eigenvalue weighted by atomic mass is 10.1. The SMILES string of the molecule is O=C(Cl)Oc1ccc([N+](=O)[O-])cc1-c1cc2ccccc2o1. The van der Waals surface area contributed by atoms with Gasteiger partial charge >= 0.3 is 5.43 Å². The largest absolute Gasteiger partial charge is 0.456 e. The lowest BCUT2D eigenvalue weighted by molar-refractivity contribution is -0.384. The summed E-state index contributed by atoms with van der Waals surface area (Å²) in [4.78, 5) is 21.4. The van der Waals surface area contributed by atoms with Crippen LogP contribution in [-0.4, -0.2) is 10.4 Å². The van der Waals surface area contributed by atoms with Gasteiger partial charge in [0.2, 0.25) is 0 Å². The Morgan fingerprint density at radius 2 is 1.95 bits per heavy atom.